The molecular formula is C114H104N2O27. The average molecular weight is 1930 g/mol. The molecule has 14 aromatic rings. The van der Waals surface area contributed by atoms with Gasteiger partial charge in [0.2, 0.25) is 0 Å². The van der Waals surface area contributed by atoms with Crippen molar-refractivity contribution in [3.8, 4) is 69.0 Å². The van der Waals surface area contributed by atoms with E-state index in [0.29, 0.717) is 224 Å². The van der Waals surface area contributed by atoms with Gasteiger partial charge in [-0.25, -0.2) is 9.97 Å². The molecule has 0 aliphatic heterocycles. The Hall–Kier alpha value is -18.3. The Morgan fingerprint density at radius 1 is 0.217 bits per heavy atom. The van der Waals surface area contributed by atoms with Crippen molar-refractivity contribution in [2.45, 2.75) is 50.9 Å². The van der Waals surface area contributed by atoms with E-state index < -0.39 is 5.92 Å². The molecule has 0 radical (unpaired) electrons. The summed E-state index contributed by atoms with van der Waals surface area (Å²) in [5.41, 5.74) is 7.73. The molecule has 0 atom stereocenters. The van der Waals surface area contributed by atoms with Crippen LogP contribution in [0.1, 0.15) is 202 Å². The number of nitrogens with zero attached hydrogens (tertiary/aromatic N) is 2. The number of fused-ring (bicyclic) bond motifs is 1. The van der Waals surface area contributed by atoms with Crippen LogP contribution in [0.15, 0.2) is 310 Å². The van der Waals surface area contributed by atoms with E-state index in [1.807, 2.05) is 84.9 Å². The fourth-order valence-electron chi connectivity index (χ4n) is 12.5. The highest BCUT2D eigenvalue weighted by Crippen LogP contribution is 2.32. The molecule has 0 saturated carbocycles. The third-order valence-corrected chi connectivity index (χ3v) is 19.9. The second kappa shape index (κ2) is 67.0. The zero-order valence-corrected chi connectivity index (χ0v) is 78.3. The van der Waals surface area contributed by atoms with Crippen LogP contribution in [0.4, 0.5) is 0 Å². The predicted octanol–water partition coefficient (Wildman–Crippen LogP) is 20.7. The van der Waals surface area contributed by atoms with Crippen LogP contribution in [-0.2, 0) is 9.59 Å². The Balaban J connectivity index is 0.000000225. The van der Waals surface area contributed by atoms with E-state index in [0.717, 1.165) is 125 Å². The van der Waals surface area contributed by atoms with E-state index in [9.17, 15) is 76.7 Å². The number of aromatic nitrogens is 2. The van der Waals surface area contributed by atoms with Gasteiger partial charge in [0, 0.05) is 46.0 Å². The van der Waals surface area contributed by atoms with Gasteiger partial charge >= 0.3 is 0 Å². The van der Waals surface area contributed by atoms with Gasteiger partial charge in [-0.1, -0.05) is 146 Å². The SMILES string of the molecule is COc1ccc(C=O)cc1OCCOc1cc(C=O)ccc1OC.O=CC(C=O)c1ccncn1.O=Cc1cc2ccccc2cc1C=O.O=Cc1ccc(C=O)cc1.O=Cc1ccccc1OCCCCCCOc1ccccc1C=O.O=Cc1ccccc1OCCCCOc1ccccc1C=O.O=Cc1ccccc1OCCCOc1ccccc1C=O.O=Cc1ccccc1Oc1ccccc1C=O. The first kappa shape index (κ1) is 112. The second-order valence-electron chi connectivity index (χ2n) is 29.6. The first-order valence-corrected chi connectivity index (χ1v) is 44.6. The molecule has 13 aromatic carbocycles. The minimum Gasteiger partial charge on any atom is -0.493 e. The van der Waals surface area contributed by atoms with Crippen molar-refractivity contribution in [3.63, 3.8) is 0 Å². The van der Waals surface area contributed by atoms with Crippen LogP contribution in [0.3, 0.4) is 0 Å². The van der Waals surface area contributed by atoms with Crippen molar-refractivity contribution >= 4 is 111 Å². The Labute approximate surface area is 826 Å². The minimum atomic E-state index is -0.752. The van der Waals surface area contributed by atoms with E-state index in [2.05, 4.69) is 9.97 Å². The molecular weight excluding hydrogens is 1830 g/mol. The summed E-state index contributed by atoms with van der Waals surface area (Å²) in [6.45, 7) is 3.56. The summed E-state index contributed by atoms with van der Waals surface area (Å²) in [5.74, 6) is 5.73. The van der Waals surface area contributed by atoms with Crippen LogP contribution in [0.5, 0.6) is 69.0 Å². The molecule has 0 bridgehead atoms. The van der Waals surface area contributed by atoms with Gasteiger partial charge in [0.25, 0.3) is 0 Å². The third-order valence-electron chi connectivity index (χ3n) is 19.9. The lowest BCUT2D eigenvalue weighted by Gasteiger charge is -2.13. The van der Waals surface area contributed by atoms with Crippen LogP contribution in [0, 0.1) is 0 Å². The number of carbonyl (C=O) groups excluding carboxylic acids is 16. The summed E-state index contributed by atoms with van der Waals surface area (Å²) in [5, 5.41) is 1.94. The molecule has 143 heavy (non-hydrogen) atoms. The van der Waals surface area contributed by atoms with Gasteiger partial charge in [0.1, 0.15) is 109 Å². The van der Waals surface area contributed by atoms with Crippen LogP contribution in [-0.4, -0.2) is 178 Å². The van der Waals surface area contributed by atoms with E-state index in [-0.39, 0.29) is 13.2 Å². The Morgan fingerprint density at radius 3 is 0.720 bits per heavy atom. The molecule has 0 saturated heterocycles. The largest absolute Gasteiger partial charge is 0.493 e. The molecule has 0 spiro atoms. The average Bonchev–Trinajstić information content (AvgIpc) is 0.816. The predicted molar refractivity (Wildman–Crippen MR) is 537 cm³/mol. The number of hydrogen-bond acceptors (Lipinski definition) is 29. The van der Waals surface area contributed by atoms with Gasteiger partial charge in [-0.05, 0) is 201 Å². The van der Waals surface area contributed by atoms with Crippen molar-refractivity contribution < 1.29 is 129 Å². The molecule has 0 unspecified atom stereocenters. The van der Waals surface area contributed by atoms with E-state index in [1.54, 1.807) is 206 Å². The quantitative estimate of drug-likeness (QED) is 0.0194. The summed E-state index contributed by atoms with van der Waals surface area (Å²) in [6.07, 6.45) is 20.6. The van der Waals surface area contributed by atoms with Gasteiger partial charge in [0.15, 0.2) is 85.9 Å². The summed E-state index contributed by atoms with van der Waals surface area (Å²) in [7, 11) is 3.05. The van der Waals surface area contributed by atoms with Crippen molar-refractivity contribution in [2.24, 2.45) is 0 Å². The zero-order chi connectivity index (χ0) is 102. The fourth-order valence-corrected chi connectivity index (χ4v) is 12.5. The first-order valence-electron chi connectivity index (χ1n) is 44.6. The number of para-hydroxylation sites is 8. The van der Waals surface area contributed by atoms with Crippen molar-refractivity contribution in [1.82, 2.24) is 9.97 Å². The molecule has 1 aromatic heterocycles. The first-order chi connectivity index (χ1) is 70.2. The lowest BCUT2D eigenvalue weighted by molar-refractivity contribution is -0.116. The standard InChI is InChI=1S/C20H22O4.C18H18O6.C18H18O4.C17H16O4.C14H10O3.C12H8O2.C8H6O2.C7H6N2O2/c21-15-17-9-3-5-11-19(17)23-13-7-1-2-8-14-24-20-12-6-4-10-18(20)16-22;1-21-15-5-3-13(11-19)9-17(15)23-7-8-24-18-10-14(12-20)4-6-16(18)22-2;19-13-15-7-1-3-9-17(15)21-11-5-6-12-22-18-10-4-2-8-16(18)14-20;18-12-14-6-1-3-8-16(14)20-10-5-11-21-17-9-4-2-7-15(17)13-19;15-9-11-5-1-3-7-13(11)17-14-8-4-2-6-12(14)10-16;13-7-11-5-9-3-1-2-4-10(9)6-12(11)8-14;9-5-7-1-2-8(6-10)4-3-7;10-3-6(4-11)7-1-2-8-5-9-7/h3-6,9-12,15-16H,1-2,7-8,13-14H2;3-6,9-12H,7-8H2,1-2H3;1-4,7-10,13-14H,5-6,11-12H2;1-4,6-9,12-13H,5,10-11H2;1-10H;1-8H;1-6H;1-6H. The summed E-state index contributed by atoms with van der Waals surface area (Å²) in [4.78, 5) is 178. The molecule has 0 aliphatic rings. The molecule has 14 rings (SSSR count). The number of carbonyl (C=O) groups is 16. The zero-order valence-electron chi connectivity index (χ0n) is 78.3. The molecule has 0 amide bonds. The van der Waals surface area contributed by atoms with E-state index in [1.165, 1.54) is 32.8 Å². The van der Waals surface area contributed by atoms with Crippen LogP contribution in [0.25, 0.3) is 10.8 Å². The van der Waals surface area contributed by atoms with E-state index >= 15 is 0 Å². The maximum Gasteiger partial charge on any atom is 0.162 e. The van der Waals surface area contributed by atoms with Crippen LogP contribution < -0.4 is 52.1 Å². The Bertz CT molecular complexity index is 6030. The fraction of sp³-hybridized carbons (Fsp3) is 0.158. The highest BCUT2D eigenvalue weighted by Gasteiger charge is 2.15. The van der Waals surface area contributed by atoms with Crippen molar-refractivity contribution in [1.29, 1.82) is 0 Å². The number of unbranched alkanes of at least 4 members (excludes halogenated alkanes) is 4. The second-order valence-corrected chi connectivity index (χ2v) is 29.6. The maximum atomic E-state index is 10.9. The molecule has 0 N–H and O–H groups in total. The molecule has 732 valence electrons. The molecule has 1 heterocycles. The van der Waals surface area contributed by atoms with Crippen LogP contribution in [0.2, 0.25) is 0 Å². The molecule has 29 heteroatoms. The third kappa shape index (κ3) is 39.4. The smallest absolute Gasteiger partial charge is 0.162 e. The molecule has 0 aliphatic carbocycles. The number of aldehydes is 16. The number of rotatable bonds is 48. The number of benzene rings is 13. The van der Waals surface area contributed by atoms with Gasteiger partial charge in [0.05, 0.1) is 104 Å². The van der Waals surface area contributed by atoms with Crippen molar-refractivity contribution in [2.75, 3.05) is 67.1 Å². The lowest BCUT2D eigenvalue weighted by Crippen LogP contribution is -2.10. The van der Waals surface area contributed by atoms with E-state index in [4.69, 9.17) is 52.1 Å². The topological polar surface area (TPSA) is 400 Å². The summed E-state index contributed by atoms with van der Waals surface area (Å²) < 4.78 is 60.7. The number of hydrogen-bond donors (Lipinski definition) is 0. The Morgan fingerprint density at radius 2 is 0.462 bits per heavy atom. The van der Waals surface area contributed by atoms with Crippen LogP contribution >= 0.6 is 0 Å². The Kier molecular flexibility index (Phi) is 52.4. The minimum absolute atomic E-state index is 0.229. The normalized spacial score (nSPS) is 9.84. The maximum absolute atomic E-state index is 10.9. The highest BCUT2D eigenvalue weighted by atomic mass is 16.6. The van der Waals surface area contributed by atoms with Gasteiger partial charge < -0.3 is 61.7 Å². The van der Waals surface area contributed by atoms with Gasteiger partial charge in [-0.15, -0.1) is 0 Å². The summed E-state index contributed by atoms with van der Waals surface area (Å²) >= 11 is 0. The van der Waals surface area contributed by atoms with Gasteiger partial charge in [-0.3, -0.25) is 67.1 Å². The highest BCUT2D eigenvalue weighted by molar-refractivity contribution is 5.98. The lowest BCUT2D eigenvalue weighted by atomic mass is 10.0. The number of methoxy groups -OCH3 is 2. The summed E-state index contributed by atoms with van der Waals surface area (Å²) in [6, 6.07) is 85.5. The molecule has 0 fully saturated rings. The van der Waals surface area contributed by atoms with Crippen molar-refractivity contribution in [3.05, 3.63) is 393 Å². The van der Waals surface area contributed by atoms with Gasteiger partial charge in [-0.2, -0.15) is 0 Å². The molecule has 29 nitrogen and oxygen atoms in total. The number of ether oxygens (including phenoxy) is 11. The monoisotopic (exact) mass is 1930 g/mol.